The maximum Gasteiger partial charge on any atom is 0.123 e. The first-order chi connectivity index (χ1) is 10.8. The van der Waals surface area contributed by atoms with Gasteiger partial charge in [0, 0.05) is 0 Å². The van der Waals surface area contributed by atoms with Gasteiger partial charge in [0.25, 0.3) is 0 Å². The van der Waals surface area contributed by atoms with Crippen LogP contribution in [0.15, 0.2) is 24.3 Å². The summed E-state index contributed by atoms with van der Waals surface area (Å²) in [6.07, 6.45) is 16.7. The van der Waals surface area contributed by atoms with Crippen molar-refractivity contribution in [1.82, 2.24) is 0 Å². The van der Waals surface area contributed by atoms with E-state index in [1.54, 1.807) is 12.1 Å². The molecule has 0 unspecified atom stereocenters. The van der Waals surface area contributed by atoms with Crippen molar-refractivity contribution in [2.45, 2.75) is 89.9 Å². The summed E-state index contributed by atoms with van der Waals surface area (Å²) in [6, 6.07) is 7.19. The van der Waals surface area contributed by atoms with Crippen LogP contribution in [0.5, 0.6) is 0 Å². The summed E-state index contributed by atoms with van der Waals surface area (Å²) in [6.45, 7) is 2.28. The maximum absolute atomic E-state index is 13.0. The Kier molecular flexibility index (Phi) is 7.98. The van der Waals surface area contributed by atoms with Gasteiger partial charge in [-0.2, -0.15) is 0 Å². The Labute approximate surface area is 136 Å². The largest absolute Gasteiger partial charge is 0.207 e. The van der Waals surface area contributed by atoms with Crippen LogP contribution in [0.1, 0.15) is 95.5 Å². The minimum Gasteiger partial charge on any atom is -0.207 e. The molecule has 0 nitrogen and oxygen atoms in total. The van der Waals surface area contributed by atoms with E-state index >= 15 is 0 Å². The van der Waals surface area contributed by atoms with E-state index in [1.807, 2.05) is 12.1 Å². The molecular formula is C21H33F. The fourth-order valence-electron chi connectivity index (χ4n) is 3.91. The lowest BCUT2D eigenvalue weighted by atomic mass is 9.77. The summed E-state index contributed by atoms with van der Waals surface area (Å²) in [5, 5.41) is 0. The summed E-state index contributed by atoms with van der Waals surface area (Å²) >= 11 is 0. The predicted molar refractivity (Wildman–Crippen MR) is 93.7 cm³/mol. The van der Waals surface area contributed by atoms with Crippen LogP contribution in [0.25, 0.3) is 0 Å². The van der Waals surface area contributed by atoms with E-state index in [4.69, 9.17) is 0 Å². The summed E-state index contributed by atoms with van der Waals surface area (Å²) in [5.74, 6) is 1.51. The third kappa shape index (κ3) is 6.10. The Morgan fingerprint density at radius 3 is 2.05 bits per heavy atom. The minimum atomic E-state index is -0.114. The second-order valence-corrected chi connectivity index (χ2v) is 7.18. The molecule has 0 N–H and O–H groups in total. The lowest BCUT2D eigenvalue weighted by Gasteiger charge is -2.28. The van der Waals surface area contributed by atoms with Crippen molar-refractivity contribution in [1.29, 1.82) is 0 Å². The lowest BCUT2D eigenvalue weighted by molar-refractivity contribution is 0.301. The summed E-state index contributed by atoms with van der Waals surface area (Å²) in [5.41, 5.74) is 1.34. The molecule has 0 amide bonds. The van der Waals surface area contributed by atoms with Gasteiger partial charge in [-0.25, -0.2) is 4.39 Å². The van der Waals surface area contributed by atoms with E-state index < -0.39 is 0 Å². The first-order valence-corrected chi connectivity index (χ1v) is 9.55. The number of benzene rings is 1. The summed E-state index contributed by atoms with van der Waals surface area (Å²) in [7, 11) is 0. The van der Waals surface area contributed by atoms with Crippen LogP contribution in [-0.2, 0) is 0 Å². The Bertz CT molecular complexity index is 387. The van der Waals surface area contributed by atoms with Gasteiger partial charge >= 0.3 is 0 Å². The van der Waals surface area contributed by atoms with Gasteiger partial charge < -0.3 is 0 Å². The molecule has 124 valence electrons. The van der Waals surface area contributed by atoms with Gasteiger partial charge in [0.2, 0.25) is 0 Å². The standard InChI is InChI=1S/C21H33F/c1-2-3-4-5-6-7-8-9-18-10-12-19(13-11-18)20-14-16-21(22)17-15-20/h14-19H,2-13H2,1H3. The second-order valence-electron chi connectivity index (χ2n) is 7.18. The van der Waals surface area contributed by atoms with Crippen LogP contribution in [0.4, 0.5) is 4.39 Å². The zero-order valence-electron chi connectivity index (χ0n) is 14.3. The van der Waals surface area contributed by atoms with Gasteiger partial charge in [-0.05, 0) is 55.2 Å². The average Bonchev–Trinajstić information content (AvgIpc) is 2.55. The van der Waals surface area contributed by atoms with Crippen LogP contribution in [-0.4, -0.2) is 0 Å². The number of halogens is 1. The van der Waals surface area contributed by atoms with Crippen LogP contribution < -0.4 is 0 Å². The van der Waals surface area contributed by atoms with Crippen molar-refractivity contribution in [2.24, 2.45) is 5.92 Å². The molecule has 0 radical (unpaired) electrons. The highest BCUT2D eigenvalue weighted by Crippen LogP contribution is 2.37. The first-order valence-electron chi connectivity index (χ1n) is 9.55. The lowest BCUT2D eigenvalue weighted by Crippen LogP contribution is -2.13. The molecule has 0 atom stereocenters. The van der Waals surface area contributed by atoms with Gasteiger partial charge in [0.05, 0.1) is 0 Å². The smallest absolute Gasteiger partial charge is 0.123 e. The average molecular weight is 304 g/mol. The predicted octanol–water partition coefficient (Wildman–Crippen LogP) is 7.24. The van der Waals surface area contributed by atoms with Gasteiger partial charge in [-0.1, -0.05) is 70.4 Å². The van der Waals surface area contributed by atoms with Gasteiger partial charge in [0.15, 0.2) is 0 Å². The van der Waals surface area contributed by atoms with Crippen molar-refractivity contribution in [3.05, 3.63) is 35.6 Å². The molecule has 2 rings (SSSR count). The molecule has 0 heterocycles. The SMILES string of the molecule is CCCCCCCCCC1CCC(c2ccc(F)cc2)CC1. The van der Waals surface area contributed by atoms with Gasteiger partial charge in [-0.3, -0.25) is 0 Å². The van der Waals surface area contributed by atoms with Gasteiger partial charge in [0.1, 0.15) is 5.82 Å². The van der Waals surface area contributed by atoms with Crippen LogP contribution in [0.2, 0.25) is 0 Å². The Morgan fingerprint density at radius 1 is 0.818 bits per heavy atom. The molecule has 22 heavy (non-hydrogen) atoms. The van der Waals surface area contributed by atoms with Crippen molar-refractivity contribution >= 4 is 0 Å². The third-order valence-corrected chi connectivity index (χ3v) is 5.40. The van der Waals surface area contributed by atoms with E-state index in [1.165, 1.54) is 82.6 Å². The van der Waals surface area contributed by atoms with Crippen molar-refractivity contribution in [2.75, 3.05) is 0 Å². The summed E-state index contributed by atoms with van der Waals surface area (Å²) in [4.78, 5) is 0. The highest BCUT2D eigenvalue weighted by Gasteiger charge is 2.21. The molecule has 1 heteroatoms. The van der Waals surface area contributed by atoms with Crippen molar-refractivity contribution in [3.8, 4) is 0 Å². The molecule has 1 aliphatic carbocycles. The highest BCUT2D eigenvalue weighted by atomic mass is 19.1. The zero-order valence-corrected chi connectivity index (χ0v) is 14.3. The first kappa shape index (κ1) is 17.5. The molecule has 0 aromatic heterocycles. The Morgan fingerprint density at radius 2 is 1.41 bits per heavy atom. The molecule has 0 bridgehead atoms. The van der Waals surface area contributed by atoms with E-state index in [-0.39, 0.29) is 5.82 Å². The topological polar surface area (TPSA) is 0 Å². The van der Waals surface area contributed by atoms with E-state index in [9.17, 15) is 4.39 Å². The van der Waals surface area contributed by atoms with Crippen LogP contribution in [0, 0.1) is 11.7 Å². The molecule has 1 aromatic rings. The molecule has 0 spiro atoms. The molecule has 1 fully saturated rings. The highest BCUT2D eigenvalue weighted by molar-refractivity contribution is 5.20. The third-order valence-electron chi connectivity index (χ3n) is 5.40. The minimum absolute atomic E-state index is 0.114. The van der Waals surface area contributed by atoms with Crippen LogP contribution >= 0.6 is 0 Å². The maximum atomic E-state index is 13.0. The number of rotatable bonds is 9. The zero-order chi connectivity index (χ0) is 15.6. The monoisotopic (exact) mass is 304 g/mol. The molecule has 0 saturated heterocycles. The molecule has 1 saturated carbocycles. The Hall–Kier alpha value is -0.850. The number of hydrogen-bond donors (Lipinski definition) is 0. The van der Waals surface area contributed by atoms with Crippen molar-refractivity contribution in [3.63, 3.8) is 0 Å². The van der Waals surface area contributed by atoms with Crippen molar-refractivity contribution < 1.29 is 4.39 Å². The summed E-state index contributed by atoms with van der Waals surface area (Å²) < 4.78 is 13.0. The quantitative estimate of drug-likeness (QED) is 0.422. The molecule has 0 aliphatic heterocycles. The van der Waals surface area contributed by atoms with E-state index in [0.717, 1.165) is 5.92 Å². The fourth-order valence-corrected chi connectivity index (χ4v) is 3.91. The van der Waals surface area contributed by atoms with E-state index in [0.29, 0.717) is 5.92 Å². The number of unbranched alkanes of at least 4 members (excludes halogenated alkanes) is 6. The van der Waals surface area contributed by atoms with E-state index in [2.05, 4.69) is 6.92 Å². The number of hydrogen-bond acceptors (Lipinski definition) is 0. The molecule has 1 aliphatic rings. The second kappa shape index (κ2) is 10.0. The molecular weight excluding hydrogens is 271 g/mol. The fraction of sp³-hybridized carbons (Fsp3) is 0.714. The molecule has 1 aromatic carbocycles. The normalized spacial score (nSPS) is 21.9. The van der Waals surface area contributed by atoms with Crippen LogP contribution in [0.3, 0.4) is 0 Å². The van der Waals surface area contributed by atoms with Gasteiger partial charge in [-0.15, -0.1) is 0 Å². The Balaban J connectivity index is 1.56.